The quantitative estimate of drug-likeness (QED) is 0.665. The molecule has 0 spiro atoms. The van der Waals surface area contributed by atoms with Crippen molar-refractivity contribution in [2.24, 2.45) is 0 Å². The molecule has 1 amide bonds. The van der Waals surface area contributed by atoms with Gasteiger partial charge in [0, 0.05) is 18.7 Å². The highest BCUT2D eigenvalue weighted by Gasteiger charge is 2.13. The van der Waals surface area contributed by atoms with Gasteiger partial charge in [-0.2, -0.15) is 0 Å². The van der Waals surface area contributed by atoms with E-state index in [9.17, 15) is 4.79 Å². The van der Waals surface area contributed by atoms with Crippen LogP contribution in [0, 0.1) is 0 Å². The van der Waals surface area contributed by atoms with Gasteiger partial charge in [-0.05, 0) is 56.3 Å². The second-order valence-corrected chi connectivity index (χ2v) is 6.95. The smallest absolute Gasteiger partial charge is 0.251 e. The fourth-order valence-corrected chi connectivity index (χ4v) is 3.01. The highest BCUT2D eigenvalue weighted by Crippen LogP contribution is 2.29. The van der Waals surface area contributed by atoms with Crippen LogP contribution in [0.25, 0.3) is 0 Å². The normalized spacial score (nSPS) is 11.0. The van der Waals surface area contributed by atoms with E-state index in [1.807, 2.05) is 26.0 Å². The lowest BCUT2D eigenvalue weighted by Gasteiger charge is -2.20. The molecule has 0 heterocycles. The minimum atomic E-state index is -0.132. The maximum absolute atomic E-state index is 12.6. The van der Waals surface area contributed by atoms with E-state index in [-0.39, 0.29) is 12.0 Å². The van der Waals surface area contributed by atoms with Crippen LogP contribution in [-0.4, -0.2) is 37.1 Å². The van der Waals surface area contributed by atoms with Crippen LogP contribution < -0.4 is 14.8 Å². The Bertz CT molecular complexity index is 770. The maximum Gasteiger partial charge on any atom is 0.251 e. The van der Waals surface area contributed by atoms with Gasteiger partial charge < -0.3 is 14.8 Å². The Morgan fingerprint density at radius 1 is 1.04 bits per heavy atom. The number of nitrogens with one attached hydrogen (secondary N) is 1. The van der Waals surface area contributed by atoms with Crippen LogP contribution >= 0.6 is 0 Å². The molecule has 0 fully saturated rings. The molecule has 0 aromatic heterocycles. The third-order valence-electron chi connectivity index (χ3n) is 4.63. The molecule has 0 saturated carbocycles. The molecule has 1 N–H and O–H groups in total. The Kier molecular flexibility index (Phi) is 8.33. The molecule has 0 saturated heterocycles. The van der Waals surface area contributed by atoms with Crippen molar-refractivity contribution in [2.75, 3.05) is 20.2 Å². The Morgan fingerprint density at radius 2 is 1.71 bits per heavy atom. The Hall–Kier alpha value is -2.53. The van der Waals surface area contributed by atoms with Gasteiger partial charge in [0.25, 0.3) is 5.91 Å². The summed E-state index contributed by atoms with van der Waals surface area (Å²) in [7, 11) is 1.58. The molecule has 0 aliphatic heterocycles. The number of hydrogen-bond acceptors (Lipinski definition) is 4. The summed E-state index contributed by atoms with van der Waals surface area (Å²) in [5.74, 6) is 1.06. The first-order valence-corrected chi connectivity index (χ1v) is 9.90. The molecular weight excluding hydrogens is 352 g/mol. The molecule has 0 atom stereocenters. The first-order chi connectivity index (χ1) is 13.5. The molecular formula is C23H32N2O3. The molecule has 0 radical (unpaired) electrons. The van der Waals surface area contributed by atoms with E-state index in [0.29, 0.717) is 23.6 Å². The minimum absolute atomic E-state index is 0.0379. The van der Waals surface area contributed by atoms with Crippen molar-refractivity contribution in [1.82, 2.24) is 10.2 Å². The second-order valence-electron chi connectivity index (χ2n) is 6.95. The average Bonchev–Trinajstić information content (AvgIpc) is 2.70. The van der Waals surface area contributed by atoms with Crippen LogP contribution in [-0.2, 0) is 13.1 Å². The van der Waals surface area contributed by atoms with Crippen LogP contribution in [0.2, 0.25) is 0 Å². The van der Waals surface area contributed by atoms with Crippen LogP contribution in [0.1, 0.15) is 49.2 Å². The van der Waals surface area contributed by atoms with Crippen molar-refractivity contribution in [1.29, 1.82) is 0 Å². The van der Waals surface area contributed by atoms with Crippen molar-refractivity contribution in [3.63, 3.8) is 0 Å². The van der Waals surface area contributed by atoms with Gasteiger partial charge >= 0.3 is 0 Å². The van der Waals surface area contributed by atoms with Crippen LogP contribution in [0.5, 0.6) is 11.5 Å². The molecule has 0 unspecified atom stereocenters. The second kappa shape index (κ2) is 10.7. The van der Waals surface area contributed by atoms with Crippen LogP contribution in [0.3, 0.4) is 0 Å². The monoisotopic (exact) mass is 384 g/mol. The van der Waals surface area contributed by atoms with Crippen molar-refractivity contribution in [3.8, 4) is 11.5 Å². The first kappa shape index (κ1) is 21.8. The number of methoxy groups -OCH3 is 1. The number of rotatable bonds is 10. The minimum Gasteiger partial charge on any atom is -0.493 e. The molecule has 152 valence electrons. The largest absolute Gasteiger partial charge is 0.493 e. The average molecular weight is 385 g/mol. The van der Waals surface area contributed by atoms with Gasteiger partial charge in [-0.1, -0.05) is 38.1 Å². The van der Waals surface area contributed by atoms with Gasteiger partial charge in [-0.15, -0.1) is 0 Å². The van der Waals surface area contributed by atoms with Gasteiger partial charge in [0.15, 0.2) is 11.5 Å². The molecule has 0 aliphatic rings. The van der Waals surface area contributed by atoms with Gasteiger partial charge in [0.2, 0.25) is 0 Å². The number of carbonyl (C=O) groups is 1. The molecule has 2 rings (SSSR count). The van der Waals surface area contributed by atoms with E-state index in [4.69, 9.17) is 9.47 Å². The van der Waals surface area contributed by atoms with E-state index in [2.05, 4.69) is 36.2 Å². The molecule has 0 aliphatic carbocycles. The predicted molar refractivity (Wildman–Crippen MR) is 113 cm³/mol. The number of nitrogens with zero attached hydrogens (tertiary/aromatic N) is 1. The third kappa shape index (κ3) is 5.99. The summed E-state index contributed by atoms with van der Waals surface area (Å²) >= 11 is 0. The summed E-state index contributed by atoms with van der Waals surface area (Å²) in [6.07, 6.45) is 0.0379. The lowest BCUT2D eigenvalue weighted by molar-refractivity contribution is 0.0950. The zero-order chi connectivity index (χ0) is 20.5. The summed E-state index contributed by atoms with van der Waals surface area (Å²) in [6, 6.07) is 13.5. The van der Waals surface area contributed by atoms with Gasteiger partial charge in [0.05, 0.1) is 13.2 Å². The van der Waals surface area contributed by atoms with E-state index < -0.39 is 0 Å². The molecule has 2 aromatic carbocycles. The van der Waals surface area contributed by atoms with E-state index in [1.54, 1.807) is 25.3 Å². The topological polar surface area (TPSA) is 50.8 Å². The third-order valence-corrected chi connectivity index (χ3v) is 4.63. The molecule has 28 heavy (non-hydrogen) atoms. The summed E-state index contributed by atoms with van der Waals surface area (Å²) in [5, 5.41) is 3.02. The predicted octanol–water partition coefficient (Wildman–Crippen LogP) is 4.25. The molecule has 5 heteroatoms. The maximum atomic E-state index is 12.6. The Labute approximate surface area is 168 Å². The Balaban J connectivity index is 2.08. The van der Waals surface area contributed by atoms with E-state index in [0.717, 1.165) is 25.2 Å². The molecule has 5 nitrogen and oxygen atoms in total. The van der Waals surface area contributed by atoms with Gasteiger partial charge in [-0.25, -0.2) is 0 Å². The summed E-state index contributed by atoms with van der Waals surface area (Å²) in [4.78, 5) is 15.0. The lowest BCUT2D eigenvalue weighted by atomic mass is 10.1. The fraction of sp³-hybridized carbons (Fsp3) is 0.435. The number of benzene rings is 2. The number of amides is 1. The Morgan fingerprint density at radius 3 is 2.32 bits per heavy atom. The number of carbonyl (C=O) groups excluding carboxylic acids is 1. The van der Waals surface area contributed by atoms with Gasteiger partial charge in [-0.3, -0.25) is 9.69 Å². The van der Waals surface area contributed by atoms with Crippen LogP contribution in [0.4, 0.5) is 0 Å². The number of ether oxygens (including phenoxy) is 2. The number of hydrogen-bond donors (Lipinski definition) is 1. The van der Waals surface area contributed by atoms with Crippen LogP contribution in [0.15, 0.2) is 42.5 Å². The highest BCUT2D eigenvalue weighted by molar-refractivity contribution is 5.94. The first-order valence-electron chi connectivity index (χ1n) is 9.90. The lowest BCUT2D eigenvalue weighted by Crippen LogP contribution is -2.26. The summed E-state index contributed by atoms with van der Waals surface area (Å²) in [6.45, 7) is 11.6. The summed E-state index contributed by atoms with van der Waals surface area (Å²) in [5.41, 5.74) is 2.92. The van der Waals surface area contributed by atoms with Crippen molar-refractivity contribution >= 4 is 5.91 Å². The molecule has 2 aromatic rings. The molecule has 0 bridgehead atoms. The highest BCUT2D eigenvalue weighted by atomic mass is 16.5. The SMILES string of the molecule is CCN(CC)Cc1ccccc1CNC(=O)c1ccc(OC(C)C)c(OC)c1. The zero-order valence-electron chi connectivity index (χ0n) is 17.6. The van der Waals surface area contributed by atoms with Gasteiger partial charge in [0.1, 0.15) is 0 Å². The van der Waals surface area contributed by atoms with Crippen molar-refractivity contribution in [3.05, 3.63) is 59.2 Å². The fourth-order valence-electron chi connectivity index (χ4n) is 3.01. The standard InChI is InChI=1S/C23H32N2O3/c1-6-25(7-2)16-20-11-9-8-10-19(20)15-24-23(26)18-12-13-21(28-17(3)4)22(14-18)27-5/h8-14,17H,6-7,15-16H2,1-5H3,(H,24,26). The van der Waals surface area contributed by atoms with Crippen molar-refractivity contribution < 1.29 is 14.3 Å². The van der Waals surface area contributed by atoms with Crippen molar-refractivity contribution in [2.45, 2.75) is 46.9 Å². The van der Waals surface area contributed by atoms with E-state index in [1.165, 1.54) is 5.56 Å². The summed E-state index contributed by atoms with van der Waals surface area (Å²) < 4.78 is 11.1. The van der Waals surface area contributed by atoms with E-state index >= 15 is 0 Å². The zero-order valence-corrected chi connectivity index (χ0v) is 17.6.